The second-order valence-corrected chi connectivity index (χ2v) is 13.7. The van der Waals surface area contributed by atoms with Crippen LogP contribution in [0.25, 0.3) is 111 Å². The van der Waals surface area contributed by atoms with Gasteiger partial charge in [0.2, 0.25) is 5.95 Å². The average Bonchev–Trinajstić information content (AvgIpc) is 4.05. The molecule has 0 radical (unpaired) electrons. The predicted octanol–water partition coefficient (Wildman–Crippen LogP) is 13.0. The Balaban J connectivity index is 1.33. The first-order chi connectivity index (χ1) is 32.4. The van der Waals surface area contributed by atoms with Crippen molar-refractivity contribution in [2.24, 2.45) is 0 Å². The van der Waals surface area contributed by atoms with Crippen LogP contribution in [0.5, 0.6) is 0 Å². The van der Waals surface area contributed by atoms with Crippen LogP contribution < -0.4 is 0 Å². The maximum atomic E-state index is 9.76. The summed E-state index contributed by atoms with van der Waals surface area (Å²) < 4.78 is 103. The average molecular weight is 740 g/mol. The van der Waals surface area contributed by atoms with Gasteiger partial charge in [0.25, 0.3) is 0 Å². The van der Waals surface area contributed by atoms with Crippen LogP contribution in [0.4, 0.5) is 0 Å². The van der Waals surface area contributed by atoms with Gasteiger partial charge in [0, 0.05) is 43.4 Å². The molecule has 0 saturated heterocycles. The van der Waals surface area contributed by atoms with Gasteiger partial charge in [0.05, 0.1) is 41.5 Å². The van der Waals surface area contributed by atoms with Crippen molar-refractivity contribution < 1.29 is 18.1 Å². The number of hydrogen-bond donors (Lipinski definition) is 0. The minimum atomic E-state index is -0.560. The molecule has 4 heterocycles. The van der Waals surface area contributed by atoms with Crippen molar-refractivity contribution in [1.29, 1.82) is 0 Å². The number of furan rings is 1. The summed E-state index contributed by atoms with van der Waals surface area (Å²) in [5.74, 6) is 0.395. The molecule has 0 spiro atoms. The standard InChI is InChI=1S/C51H31N5O/c1-4-15-32(16-5-1)35-27-30-45-41(31-35)40-23-14-26-44(48(40)57-45)55-42-24-12-10-21-36(42)38-28-29-39-37-22-11-13-25-43(37)56(47(39)46(38)55)51-53-49(33-17-6-2-7-18-33)52-50(54-51)34-19-8-3-9-20-34/h1-31H/i10D,11D,12D,13D,21D,22D,24D,25D,28D,29D. The lowest BCUT2D eigenvalue weighted by Gasteiger charge is -2.13. The molecule has 0 atom stereocenters. The van der Waals surface area contributed by atoms with Crippen LogP contribution in [-0.4, -0.2) is 24.1 Å². The minimum Gasteiger partial charge on any atom is -0.454 e. The van der Waals surface area contributed by atoms with E-state index in [9.17, 15) is 8.22 Å². The van der Waals surface area contributed by atoms with Crippen molar-refractivity contribution in [3.63, 3.8) is 0 Å². The maximum Gasteiger partial charge on any atom is 0.238 e. The van der Waals surface area contributed by atoms with Crippen molar-refractivity contribution >= 4 is 65.6 Å². The van der Waals surface area contributed by atoms with E-state index in [0.29, 0.717) is 33.4 Å². The predicted molar refractivity (Wildman–Crippen MR) is 232 cm³/mol. The van der Waals surface area contributed by atoms with Crippen molar-refractivity contribution in [3.8, 4) is 45.5 Å². The summed E-state index contributed by atoms with van der Waals surface area (Å²) >= 11 is 0. The van der Waals surface area contributed by atoms with E-state index in [2.05, 4.69) is 0 Å². The Morgan fingerprint density at radius 2 is 0.982 bits per heavy atom. The Kier molecular flexibility index (Phi) is 5.02. The van der Waals surface area contributed by atoms with Gasteiger partial charge in [-0.25, -0.2) is 4.98 Å². The monoisotopic (exact) mass is 739 g/mol. The molecule has 8 aromatic carbocycles. The van der Waals surface area contributed by atoms with Gasteiger partial charge in [-0.05, 0) is 41.4 Å². The lowest BCUT2D eigenvalue weighted by Crippen LogP contribution is -2.07. The fraction of sp³-hybridized carbons (Fsp3) is 0. The number of fused-ring (bicyclic) bond motifs is 10. The fourth-order valence-electron chi connectivity index (χ4n) is 7.92. The molecular formula is C51H31N5O. The van der Waals surface area contributed by atoms with Gasteiger partial charge in [-0.2, -0.15) is 9.97 Å². The number of rotatable bonds is 5. The molecule has 4 aromatic heterocycles. The molecule has 57 heavy (non-hydrogen) atoms. The summed E-state index contributed by atoms with van der Waals surface area (Å²) in [5.41, 5.74) is 4.49. The Hall–Kier alpha value is -7.83. The van der Waals surface area contributed by atoms with Crippen LogP contribution in [0.2, 0.25) is 0 Å². The van der Waals surface area contributed by atoms with Gasteiger partial charge in [-0.1, -0.05) is 158 Å². The van der Waals surface area contributed by atoms with Gasteiger partial charge >= 0.3 is 0 Å². The molecule has 0 aliphatic heterocycles. The first-order valence-electron chi connectivity index (χ1n) is 23.3. The van der Waals surface area contributed by atoms with Crippen LogP contribution in [0, 0.1) is 0 Å². The summed E-state index contributed by atoms with van der Waals surface area (Å²) in [4.78, 5) is 14.9. The molecule has 266 valence electrons. The van der Waals surface area contributed by atoms with E-state index < -0.39 is 60.4 Å². The van der Waals surface area contributed by atoms with E-state index in [1.54, 1.807) is 10.6 Å². The zero-order valence-electron chi connectivity index (χ0n) is 39.8. The van der Waals surface area contributed by atoms with Crippen molar-refractivity contribution in [1.82, 2.24) is 24.1 Å². The van der Waals surface area contributed by atoms with Gasteiger partial charge in [-0.3, -0.25) is 4.57 Å². The number of aromatic nitrogens is 5. The Morgan fingerprint density at radius 1 is 0.421 bits per heavy atom. The lowest BCUT2D eigenvalue weighted by atomic mass is 10.0. The van der Waals surface area contributed by atoms with Crippen molar-refractivity contribution in [3.05, 3.63) is 188 Å². The van der Waals surface area contributed by atoms with Crippen LogP contribution in [0.15, 0.2) is 192 Å². The Labute approximate surface area is 340 Å². The topological polar surface area (TPSA) is 61.7 Å². The largest absolute Gasteiger partial charge is 0.454 e. The molecule has 0 fully saturated rings. The van der Waals surface area contributed by atoms with E-state index in [1.807, 2.05) is 121 Å². The molecule has 0 amide bonds. The highest BCUT2D eigenvalue weighted by molar-refractivity contribution is 6.24. The normalized spacial score (nSPS) is 14.3. The summed E-state index contributed by atoms with van der Waals surface area (Å²) in [6.45, 7) is 0. The third-order valence-electron chi connectivity index (χ3n) is 10.5. The van der Waals surface area contributed by atoms with Crippen molar-refractivity contribution in [2.75, 3.05) is 0 Å². The molecule has 12 rings (SSSR count). The van der Waals surface area contributed by atoms with E-state index >= 15 is 0 Å². The molecular weight excluding hydrogens is 699 g/mol. The zero-order valence-corrected chi connectivity index (χ0v) is 29.8. The highest BCUT2D eigenvalue weighted by atomic mass is 16.3. The minimum absolute atomic E-state index is 0.0127. The van der Waals surface area contributed by atoms with E-state index in [1.165, 1.54) is 4.57 Å². The summed E-state index contributed by atoms with van der Waals surface area (Å²) in [6.07, 6.45) is 0. The third kappa shape index (κ3) is 4.81. The number of hydrogen-bond acceptors (Lipinski definition) is 4. The zero-order chi connectivity index (χ0) is 46.2. The smallest absolute Gasteiger partial charge is 0.238 e. The number of nitrogens with zero attached hydrogens (tertiary/aromatic N) is 5. The molecule has 0 unspecified atom stereocenters. The van der Waals surface area contributed by atoms with Crippen LogP contribution in [0.1, 0.15) is 13.7 Å². The molecule has 0 N–H and O–H groups in total. The van der Waals surface area contributed by atoms with Gasteiger partial charge in [0.15, 0.2) is 17.2 Å². The quantitative estimate of drug-likeness (QED) is 0.176. The molecule has 0 bridgehead atoms. The first kappa shape index (κ1) is 23.2. The molecule has 6 nitrogen and oxygen atoms in total. The highest BCUT2D eigenvalue weighted by Crippen LogP contribution is 2.44. The van der Waals surface area contributed by atoms with Crippen LogP contribution >= 0.6 is 0 Å². The summed E-state index contributed by atoms with van der Waals surface area (Å²) in [5, 5.41) is 1.31. The molecule has 6 heteroatoms. The molecule has 12 aromatic rings. The molecule has 0 saturated carbocycles. The van der Waals surface area contributed by atoms with Gasteiger partial charge < -0.3 is 8.98 Å². The van der Waals surface area contributed by atoms with Gasteiger partial charge in [-0.15, -0.1) is 0 Å². The summed E-state index contributed by atoms with van der Waals surface area (Å²) in [6, 6.07) is 34.7. The van der Waals surface area contributed by atoms with E-state index in [-0.39, 0.29) is 61.2 Å². The summed E-state index contributed by atoms with van der Waals surface area (Å²) in [7, 11) is 0. The SMILES string of the molecule is [2H]c1c([2H])c([2H])c2c(c1[2H])c1c([2H])c([2H])c3c4c([2H])c([2H])c([2H])c([2H])c4n(-c4cccc5c4oc4ccc(-c6ccccc6)cc45)c3c1n2-c1nc(-c2ccccc2)nc(-c2ccccc2)n1. The second-order valence-electron chi connectivity index (χ2n) is 13.7. The van der Waals surface area contributed by atoms with Crippen LogP contribution in [-0.2, 0) is 0 Å². The Bertz CT molecular complexity index is 4040. The first-order valence-corrected chi connectivity index (χ1v) is 18.3. The number of para-hydroxylation sites is 3. The fourth-order valence-corrected chi connectivity index (χ4v) is 7.92. The third-order valence-corrected chi connectivity index (χ3v) is 10.5. The molecule has 0 aliphatic rings. The highest BCUT2D eigenvalue weighted by Gasteiger charge is 2.25. The van der Waals surface area contributed by atoms with E-state index in [0.717, 1.165) is 16.5 Å². The van der Waals surface area contributed by atoms with Gasteiger partial charge in [0.1, 0.15) is 5.58 Å². The van der Waals surface area contributed by atoms with Crippen molar-refractivity contribution in [2.45, 2.75) is 0 Å². The Morgan fingerprint density at radius 3 is 1.61 bits per heavy atom. The lowest BCUT2D eigenvalue weighted by molar-refractivity contribution is 0.666. The second kappa shape index (κ2) is 12.3. The van der Waals surface area contributed by atoms with E-state index in [4.69, 9.17) is 24.9 Å². The van der Waals surface area contributed by atoms with Crippen LogP contribution in [0.3, 0.4) is 0 Å². The maximum absolute atomic E-state index is 9.76. The number of benzene rings is 8. The molecule has 0 aliphatic carbocycles.